The average molecular weight is 178 g/mol. The number of aliphatic hydroxyl groups is 2. The molecule has 0 fully saturated rings. The topological polar surface area (TPSA) is 90.3 Å². The highest BCUT2D eigenvalue weighted by atomic mass is 16.3. The van der Waals surface area contributed by atoms with Gasteiger partial charge in [-0.3, -0.25) is 0 Å². The molecule has 1 aromatic carbocycles. The molecule has 1 aromatic rings. The minimum absolute atomic E-state index is 0.189. The third-order valence-electron chi connectivity index (χ3n) is 1.83. The van der Waals surface area contributed by atoms with Crippen LogP contribution in [-0.4, -0.2) is 10.2 Å². The number of benzene rings is 1. The van der Waals surface area contributed by atoms with Gasteiger partial charge >= 0.3 is 0 Å². The maximum absolute atomic E-state index is 8.90. The zero-order valence-corrected chi connectivity index (χ0v) is 6.99. The highest BCUT2D eigenvalue weighted by Crippen LogP contribution is 2.18. The standard InChI is InChI=1S/C9H10N2O2/c10-3-6-1-7(4-12)8(5-13)2-9(6)11/h1-2,12-13H,4-5,11H2. The molecule has 0 aliphatic carbocycles. The highest BCUT2D eigenvalue weighted by molar-refractivity contribution is 5.57. The summed E-state index contributed by atoms with van der Waals surface area (Å²) in [5, 5.41) is 26.4. The molecule has 0 heterocycles. The molecule has 0 amide bonds. The molecule has 0 unspecified atom stereocenters. The Balaban J connectivity index is 3.28. The van der Waals surface area contributed by atoms with E-state index in [0.29, 0.717) is 22.4 Å². The molecule has 4 N–H and O–H groups in total. The van der Waals surface area contributed by atoms with Gasteiger partial charge in [0.2, 0.25) is 0 Å². The molecule has 0 radical (unpaired) electrons. The summed E-state index contributed by atoms with van der Waals surface area (Å²) in [6, 6.07) is 4.89. The van der Waals surface area contributed by atoms with Crippen LogP contribution in [0, 0.1) is 11.3 Å². The largest absolute Gasteiger partial charge is 0.398 e. The number of nitrogens with zero attached hydrogens (tertiary/aromatic N) is 1. The van der Waals surface area contributed by atoms with Crippen LogP contribution in [0.3, 0.4) is 0 Å². The first-order valence-corrected chi connectivity index (χ1v) is 3.76. The summed E-state index contributed by atoms with van der Waals surface area (Å²) >= 11 is 0. The van der Waals surface area contributed by atoms with E-state index in [1.807, 2.05) is 6.07 Å². The summed E-state index contributed by atoms with van der Waals surface area (Å²) in [7, 11) is 0. The fraction of sp³-hybridized carbons (Fsp3) is 0.222. The Morgan fingerprint density at radius 1 is 1.23 bits per heavy atom. The van der Waals surface area contributed by atoms with Gasteiger partial charge in [0.25, 0.3) is 0 Å². The van der Waals surface area contributed by atoms with E-state index in [-0.39, 0.29) is 13.2 Å². The Hall–Kier alpha value is -1.57. The number of nitrogens with two attached hydrogens (primary N) is 1. The monoisotopic (exact) mass is 178 g/mol. The van der Waals surface area contributed by atoms with E-state index >= 15 is 0 Å². The summed E-state index contributed by atoms with van der Waals surface area (Å²) in [5.74, 6) is 0. The summed E-state index contributed by atoms with van der Waals surface area (Å²) in [5.41, 5.74) is 7.25. The molecule has 13 heavy (non-hydrogen) atoms. The minimum atomic E-state index is -0.204. The molecule has 0 saturated heterocycles. The summed E-state index contributed by atoms with van der Waals surface area (Å²) in [6.45, 7) is -0.392. The van der Waals surface area contributed by atoms with Crippen molar-refractivity contribution in [1.82, 2.24) is 0 Å². The zero-order valence-electron chi connectivity index (χ0n) is 6.99. The van der Waals surface area contributed by atoms with Crippen molar-refractivity contribution >= 4 is 5.69 Å². The van der Waals surface area contributed by atoms with Crippen LogP contribution in [0.5, 0.6) is 0 Å². The van der Waals surface area contributed by atoms with E-state index < -0.39 is 0 Å². The molecule has 1 rings (SSSR count). The van der Waals surface area contributed by atoms with Gasteiger partial charge in [-0.1, -0.05) is 0 Å². The second-order valence-electron chi connectivity index (χ2n) is 2.64. The van der Waals surface area contributed by atoms with Crippen molar-refractivity contribution < 1.29 is 10.2 Å². The zero-order chi connectivity index (χ0) is 9.84. The third-order valence-corrected chi connectivity index (χ3v) is 1.83. The van der Waals surface area contributed by atoms with Crippen LogP contribution in [0.2, 0.25) is 0 Å². The molecular weight excluding hydrogens is 168 g/mol. The maximum Gasteiger partial charge on any atom is 0.101 e. The Morgan fingerprint density at radius 3 is 2.23 bits per heavy atom. The van der Waals surface area contributed by atoms with E-state index in [9.17, 15) is 0 Å². The average Bonchev–Trinajstić information content (AvgIpc) is 2.17. The maximum atomic E-state index is 8.90. The molecule has 4 heteroatoms. The van der Waals surface area contributed by atoms with Crippen molar-refractivity contribution in [3.8, 4) is 6.07 Å². The fourth-order valence-corrected chi connectivity index (χ4v) is 1.10. The van der Waals surface area contributed by atoms with Gasteiger partial charge < -0.3 is 15.9 Å². The van der Waals surface area contributed by atoms with E-state index in [2.05, 4.69) is 0 Å². The van der Waals surface area contributed by atoms with Crippen LogP contribution < -0.4 is 5.73 Å². The molecule has 0 bridgehead atoms. The number of rotatable bonds is 2. The summed E-state index contributed by atoms with van der Waals surface area (Å²) < 4.78 is 0. The lowest BCUT2D eigenvalue weighted by Gasteiger charge is -2.06. The number of hydrogen-bond acceptors (Lipinski definition) is 4. The van der Waals surface area contributed by atoms with Gasteiger partial charge in [-0.05, 0) is 23.3 Å². The van der Waals surface area contributed by atoms with Crippen LogP contribution >= 0.6 is 0 Å². The second kappa shape index (κ2) is 3.90. The van der Waals surface area contributed by atoms with Crippen molar-refractivity contribution in [2.75, 3.05) is 5.73 Å². The summed E-state index contributed by atoms with van der Waals surface area (Å²) in [4.78, 5) is 0. The van der Waals surface area contributed by atoms with Crippen LogP contribution in [0.4, 0.5) is 5.69 Å². The molecule has 4 nitrogen and oxygen atoms in total. The molecule has 0 spiro atoms. The van der Waals surface area contributed by atoms with E-state index in [4.69, 9.17) is 21.2 Å². The predicted octanol–water partition coefficient (Wildman–Crippen LogP) is 0.125. The van der Waals surface area contributed by atoms with Crippen molar-refractivity contribution in [1.29, 1.82) is 5.26 Å². The Bertz CT molecular complexity index is 355. The first-order valence-electron chi connectivity index (χ1n) is 3.76. The molecule has 0 saturated carbocycles. The first kappa shape index (κ1) is 9.52. The van der Waals surface area contributed by atoms with E-state index in [1.54, 1.807) is 0 Å². The lowest BCUT2D eigenvalue weighted by Crippen LogP contribution is -1.99. The van der Waals surface area contributed by atoms with Gasteiger partial charge in [-0.15, -0.1) is 0 Å². The number of nitriles is 1. The van der Waals surface area contributed by atoms with E-state index in [1.165, 1.54) is 12.1 Å². The molecular formula is C9H10N2O2. The molecule has 0 atom stereocenters. The van der Waals surface area contributed by atoms with Crippen molar-refractivity contribution in [3.05, 3.63) is 28.8 Å². The highest BCUT2D eigenvalue weighted by Gasteiger charge is 2.05. The quantitative estimate of drug-likeness (QED) is 0.561. The smallest absolute Gasteiger partial charge is 0.101 e. The lowest BCUT2D eigenvalue weighted by atomic mass is 10.0. The number of anilines is 1. The second-order valence-corrected chi connectivity index (χ2v) is 2.64. The fourth-order valence-electron chi connectivity index (χ4n) is 1.10. The van der Waals surface area contributed by atoms with Gasteiger partial charge in [-0.2, -0.15) is 5.26 Å². The summed E-state index contributed by atoms with van der Waals surface area (Å²) in [6.07, 6.45) is 0. The Morgan fingerprint density at radius 2 is 1.77 bits per heavy atom. The van der Waals surface area contributed by atoms with Crippen LogP contribution in [0.1, 0.15) is 16.7 Å². The first-order chi connectivity index (χ1) is 6.22. The number of nitrogen functional groups attached to an aromatic ring is 1. The third kappa shape index (κ3) is 1.78. The molecule has 0 aliphatic heterocycles. The van der Waals surface area contributed by atoms with Gasteiger partial charge in [0.05, 0.1) is 18.8 Å². The van der Waals surface area contributed by atoms with Gasteiger partial charge in [0.1, 0.15) is 6.07 Å². The Kier molecular flexibility index (Phi) is 2.85. The predicted molar refractivity (Wildman–Crippen MR) is 47.4 cm³/mol. The van der Waals surface area contributed by atoms with Crippen molar-refractivity contribution in [2.45, 2.75) is 13.2 Å². The molecule has 68 valence electrons. The lowest BCUT2D eigenvalue weighted by molar-refractivity contribution is 0.260. The van der Waals surface area contributed by atoms with Crippen LogP contribution in [0.25, 0.3) is 0 Å². The van der Waals surface area contributed by atoms with Crippen molar-refractivity contribution in [2.24, 2.45) is 0 Å². The van der Waals surface area contributed by atoms with Gasteiger partial charge in [0, 0.05) is 5.69 Å². The van der Waals surface area contributed by atoms with Gasteiger partial charge in [0.15, 0.2) is 0 Å². The Labute approximate surface area is 75.8 Å². The number of aliphatic hydroxyl groups excluding tert-OH is 2. The normalized spacial score (nSPS) is 9.62. The number of hydrogen-bond donors (Lipinski definition) is 3. The van der Waals surface area contributed by atoms with E-state index in [0.717, 1.165) is 0 Å². The molecule has 0 aliphatic rings. The van der Waals surface area contributed by atoms with Crippen LogP contribution in [-0.2, 0) is 13.2 Å². The van der Waals surface area contributed by atoms with Crippen molar-refractivity contribution in [3.63, 3.8) is 0 Å². The molecule has 0 aromatic heterocycles. The SMILES string of the molecule is N#Cc1cc(CO)c(CO)cc1N. The van der Waals surface area contributed by atoms with Gasteiger partial charge in [-0.25, -0.2) is 0 Å². The minimum Gasteiger partial charge on any atom is -0.398 e. The van der Waals surface area contributed by atoms with Crippen LogP contribution in [0.15, 0.2) is 12.1 Å².